The lowest BCUT2D eigenvalue weighted by Crippen LogP contribution is -2.42. The van der Waals surface area contributed by atoms with Crippen LogP contribution in [0.4, 0.5) is 5.69 Å². The van der Waals surface area contributed by atoms with Gasteiger partial charge in [0.05, 0.1) is 13.2 Å². The van der Waals surface area contributed by atoms with Crippen molar-refractivity contribution in [2.24, 2.45) is 5.92 Å². The van der Waals surface area contributed by atoms with E-state index in [9.17, 15) is 4.79 Å². The lowest BCUT2D eigenvalue weighted by Gasteiger charge is -2.31. The molecule has 1 unspecified atom stereocenters. The van der Waals surface area contributed by atoms with Crippen LogP contribution in [0.2, 0.25) is 0 Å². The first kappa shape index (κ1) is 16.9. The third-order valence-corrected chi connectivity index (χ3v) is 4.81. The Morgan fingerprint density at radius 2 is 2.42 bits per heavy atom. The second-order valence-electron chi connectivity index (χ2n) is 6.27. The van der Waals surface area contributed by atoms with Gasteiger partial charge < -0.3 is 10.1 Å². The van der Waals surface area contributed by atoms with Crippen LogP contribution in [0.1, 0.15) is 18.4 Å². The lowest BCUT2D eigenvalue weighted by molar-refractivity contribution is -0.117. The number of carbonyl (C=O) groups excluding carboxylic acids is 1. The molecular weight excluding hydrogens is 322 g/mol. The standard InChI is InChI=1S/C18H23N3O2S/c1-14-4-2-6-16(10-14)20-17(22)12-21-8-3-5-15(11-21)13-23-18-19-7-9-24-18/h2,4,6-7,9-10,15H,3,5,8,11-13H2,1H3,(H,20,22). The van der Waals surface area contributed by atoms with Gasteiger partial charge in [0.2, 0.25) is 5.91 Å². The number of piperidine rings is 1. The maximum atomic E-state index is 12.3. The highest BCUT2D eigenvalue weighted by Gasteiger charge is 2.22. The summed E-state index contributed by atoms with van der Waals surface area (Å²) in [6.07, 6.45) is 3.99. The molecule has 5 nitrogen and oxygen atoms in total. The molecule has 1 aliphatic heterocycles. The summed E-state index contributed by atoms with van der Waals surface area (Å²) < 4.78 is 5.73. The number of hydrogen-bond donors (Lipinski definition) is 1. The first-order chi connectivity index (χ1) is 11.7. The average molecular weight is 345 g/mol. The zero-order valence-corrected chi connectivity index (χ0v) is 14.7. The molecule has 0 bridgehead atoms. The van der Waals surface area contributed by atoms with Crippen molar-refractivity contribution in [2.45, 2.75) is 19.8 Å². The zero-order chi connectivity index (χ0) is 16.8. The van der Waals surface area contributed by atoms with Gasteiger partial charge in [-0.25, -0.2) is 4.98 Å². The Morgan fingerprint density at radius 3 is 3.21 bits per heavy atom. The number of amides is 1. The number of rotatable bonds is 6. The van der Waals surface area contributed by atoms with Crippen LogP contribution < -0.4 is 10.1 Å². The first-order valence-corrected chi connectivity index (χ1v) is 9.18. The maximum Gasteiger partial charge on any atom is 0.273 e. The Labute approximate surface area is 146 Å². The Balaban J connectivity index is 1.45. The van der Waals surface area contributed by atoms with Crippen LogP contribution in [0.25, 0.3) is 0 Å². The summed E-state index contributed by atoms with van der Waals surface area (Å²) in [5.41, 5.74) is 2.01. The fraction of sp³-hybridized carbons (Fsp3) is 0.444. The molecule has 2 aromatic rings. The van der Waals surface area contributed by atoms with Gasteiger partial charge in [-0.3, -0.25) is 9.69 Å². The van der Waals surface area contributed by atoms with Gasteiger partial charge in [-0.2, -0.15) is 0 Å². The molecule has 0 spiro atoms. The third-order valence-electron chi connectivity index (χ3n) is 4.12. The number of aromatic nitrogens is 1. The quantitative estimate of drug-likeness (QED) is 0.874. The average Bonchev–Trinajstić information content (AvgIpc) is 3.06. The van der Waals surface area contributed by atoms with Crippen LogP contribution in [0.15, 0.2) is 35.8 Å². The predicted molar refractivity (Wildman–Crippen MR) is 96.6 cm³/mol. The van der Waals surface area contributed by atoms with E-state index in [-0.39, 0.29) is 5.91 Å². The van der Waals surface area contributed by atoms with Gasteiger partial charge in [0, 0.05) is 29.7 Å². The smallest absolute Gasteiger partial charge is 0.273 e. The second kappa shape index (κ2) is 8.26. The molecule has 1 atom stereocenters. The van der Waals surface area contributed by atoms with E-state index >= 15 is 0 Å². The van der Waals surface area contributed by atoms with Gasteiger partial charge in [0.25, 0.3) is 5.19 Å². The van der Waals surface area contributed by atoms with Crippen molar-refractivity contribution in [1.29, 1.82) is 0 Å². The molecule has 2 heterocycles. The molecule has 1 saturated heterocycles. The van der Waals surface area contributed by atoms with E-state index in [0.717, 1.165) is 42.4 Å². The van der Waals surface area contributed by atoms with E-state index < -0.39 is 0 Å². The van der Waals surface area contributed by atoms with Crippen molar-refractivity contribution >= 4 is 22.9 Å². The number of likely N-dealkylation sites (tertiary alicyclic amines) is 1. The van der Waals surface area contributed by atoms with E-state index in [4.69, 9.17) is 4.74 Å². The van der Waals surface area contributed by atoms with Crippen LogP contribution in [-0.4, -0.2) is 42.0 Å². The molecule has 1 aromatic carbocycles. The number of benzene rings is 1. The van der Waals surface area contributed by atoms with Crippen LogP contribution in [-0.2, 0) is 4.79 Å². The van der Waals surface area contributed by atoms with E-state index in [1.54, 1.807) is 6.20 Å². The number of carbonyl (C=O) groups is 1. The van der Waals surface area contributed by atoms with E-state index in [1.165, 1.54) is 11.3 Å². The van der Waals surface area contributed by atoms with Crippen LogP contribution in [0, 0.1) is 12.8 Å². The molecule has 0 radical (unpaired) electrons. The molecule has 0 saturated carbocycles. The molecule has 24 heavy (non-hydrogen) atoms. The summed E-state index contributed by atoms with van der Waals surface area (Å²) in [7, 11) is 0. The highest BCUT2D eigenvalue weighted by molar-refractivity contribution is 7.11. The van der Waals surface area contributed by atoms with E-state index in [0.29, 0.717) is 19.1 Å². The SMILES string of the molecule is Cc1cccc(NC(=O)CN2CCCC(COc3nccs3)C2)c1. The maximum absolute atomic E-state index is 12.3. The monoisotopic (exact) mass is 345 g/mol. The van der Waals surface area contributed by atoms with Gasteiger partial charge in [-0.15, -0.1) is 0 Å². The first-order valence-electron chi connectivity index (χ1n) is 8.30. The Morgan fingerprint density at radius 1 is 1.50 bits per heavy atom. The van der Waals surface area contributed by atoms with Gasteiger partial charge in [0.15, 0.2) is 0 Å². The molecule has 1 aliphatic rings. The van der Waals surface area contributed by atoms with Crippen molar-refractivity contribution in [2.75, 3.05) is 31.6 Å². The molecular formula is C18H23N3O2S. The fourth-order valence-corrected chi connectivity index (χ4v) is 3.52. The largest absolute Gasteiger partial charge is 0.470 e. The number of aryl methyl sites for hydroxylation is 1. The molecule has 3 rings (SSSR count). The van der Waals surface area contributed by atoms with Crippen molar-refractivity contribution in [1.82, 2.24) is 9.88 Å². The Hall–Kier alpha value is -1.92. The molecule has 1 amide bonds. The van der Waals surface area contributed by atoms with Gasteiger partial charge in [0.1, 0.15) is 0 Å². The molecule has 128 valence electrons. The summed E-state index contributed by atoms with van der Waals surface area (Å²) >= 11 is 1.51. The van der Waals surface area contributed by atoms with Crippen LogP contribution in [0.3, 0.4) is 0 Å². The number of hydrogen-bond acceptors (Lipinski definition) is 5. The molecule has 6 heteroatoms. The predicted octanol–water partition coefficient (Wildman–Crippen LogP) is 3.18. The minimum atomic E-state index is 0.0436. The van der Waals surface area contributed by atoms with Crippen molar-refractivity contribution < 1.29 is 9.53 Å². The van der Waals surface area contributed by atoms with E-state index in [2.05, 4.69) is 15.2 Å². The zero-order valence-electron chi connectivity index (χ0n) is 13.9. The molecule has 1 fully saturated rings. The third kappa shape index (κ3) is 5.04. The fourth-order valence-electron chi connectivity index (χ4n) is 3.03. The van der Waals surface area contributed by atoms with Gasteiger partial charge in [-0.05, 0) is 44.0 Å². The van der Waals surface area contributed by atoms with Crippen molar-refractivity contribution in [3.63, 3.8) is 0 Å². The summed E-state index contributed by atoms with van der Waals surface area (Å²) in [6.45, 7) is 4.99. The second-order valence-corrected chi connectivity index (χ2v) is 7.13. The number of thiazole rings is 1. The van der Waals surface area contributed by atoms with Gasteiger partial charge >= 0.3 is 0 Å². The topological polar surface area (TPSA) is 54.5 Å². The highest BCUT2D eigenvalue weighted by atomic mass is 32.1. The van der Waals surface area contributed by atoms with Crippen LogP contribution in [0.5, 0.6) is 5.19 Å². The summed E-state index contributed by atoms with van der Waals surface area (Å²) in [4.78, 5) is 18.6. The minimum Gasteiger partial charge on any atom is -0.470 e. The van der Waals surface area contributed by atoms with Crippen LogP contribution >= 0.6 is 11.3 Å². The minimum absolute atomic E-state index is 0.0436. The number of ether oxygens (including phenoxy) is 1. The van der Waals surface area contributed by atoms with Crippen molar-refractivity contribution in [3.8, 4) is 5.19 Å². The van der Waals surface area contributed by atoms with Crippen molar-refractivity contribution in [3.05, 3.63) is 41.4 Å². The molecule has 1 N–H and O–H groups in total. The lowest BCUT2D eigenvalue weighted by atomic mass is 9.99. The summed E-state index contributed by atoms with van der Waals surface area (Å²) in [5.74, 6) is 0.497. The number of nitrogens with one attached hydrogen (secondary N) is 1. The summed E-state index contributed by atoms with van der Waals surface area (Å²) in [6, 6.07) is 7.88. The normalized spacial score (nSPS) is 18.3. The highest BCUT2D eigenvalue weighted by Crippen LogP contribution is 2.20. The number of nitrogens with zero attached hydrogens (tertiary/aromatic N) is 2. The summed E-state index contributed by atoms with van der Waals surface area (Å²) in [5, 5.41) is 5.62. The van der Waals surface area contributed by atoms with Gasteiger partial charge in [-0.1, -0.05) is 23.5 Å². The molecule has 0 aliphatic carbocycles. The molecule has 1 aromatic heterocycles. The van der Waals surface area contributed by atoms with E-state index in [1.807, 2.05) is 36.6 Å². The Kier molecular flexibility index (Phi) is 5.82. The Bertz CT molecular complexity index is 660. The number of anilines is 1.